The minimum absolute atomic E-state index is 0.0567. The molecule has 0 bridgehead atoms. The summed E-state index contributed by atoms with van der Waals surface area (Å²) in [6.07, 6.45) is 2.88. The summed E-state index contributed by atoms with van der Waals surface area (Å²) in [6, 6.07) is 0. The highest BCUT2D eigenvalue weighted by atomic mass is 16.1. The van der Waals surface area contributed by atoms with Gasteiger partial charge in [0.15, 0.2) is 0 Å². The van der Waals surface area contributed by atoms with Gasteiger partial charge in [0, 0.05) is 12.8 Å². The fourth-order valence-corrected chi connectivity index (χ4v) is 0.758. The molecule has 1 aliphatic rings. The first-order valence-electron chi connectivity index (χ1n) is 2.64. The summed E-state index contributed by atoms with van der Waals surface area (Å²) in [7, 11) is 0. The van der Waals surface area contributed by atoms with Crippen LogP contribution < -0.4 is 0 Å². The van der Waals surface area contributed by atoms with Gasteiger partial charge in [-0.1, -0.05) is 0 Å². The predicted molar refractivity (Wildman–Crippen MR) is 28.2 cm³/mol. The number of carbonyl (C=O) groups is 2. The van der Waals surface area contributed by atoms with Gasteiger partial charge in [0.05, 0.1) is 6.42 Å². The number of ketones is 2. The van der Waals surface area contributed by atoms with Crippen molar-refractivity contribution >= 4 is 11.6 Å². The van der Waals surface area contributed by atoms with Gasteiger partial charge in [-0.05, 0) is 6.42 Å². The van der Waals surface area contributed by atoms with Gasteiger partial charge < -0.3 is 0 Å². The molecular formula is C6H7O2. The first-order valence-corrected chi connectivity index (χ1v) is 2.64. The van der Waals surface area contributed by atoms with Crippen molar-refractivity contribution in [3.63, 3.8) is 0 Å². The number of hydrogen-bond donors (Lipinski definition) is 0. The second-order valence-electron chi connectivity index (χ2n) is 1.95. The highest BCUT2D eigenvalue weighted by molar-refractivity contribution is 6.02. The Balaban J connectivity index is 2.45. The first kappa shape index (κ1) is 5.48. The van der Waals surface area contributed by atoms with Gasteiger partial charge >= 0.3 is 0 Å². The van der Waals surface area contributed by atoms with Gasteiger partial charge in [-0.3, -0.25) is 9.59 Å². The Bertz CT molecular complexity index is 112. The van der Waals surface area contributed by atoms with Crippen molar-refractivity contribution in [3.8, 4) is 0 Å². The van der Waals surface area contributed by atoms with E-state index < -0.39 is 0 Å². The molecule has 0 aromatic rings. The number of carbonyl (C=O) groups excluding carboxylic acids is 2. The normalized spacial score (nSPS) is 21.5. The molecule has 0 amide bonds. The zero-order valence-electron chi connectivity index (χ0n) is 4.52. The molecule has 0 heterocycles. The molecule has 1 fully saturated rings. The van der Waals surface area contributed by atoms with Gasteiger partial charge in [0.25, 0.3) is 0 Å². The lowest BCUT2D eigenvalue weighted by Gasteiger charge is -2.04. The Morgan fingerprint density at radius 2 is 1.62 bits per heavy atom. The van der Waals surface area contributed by atoms with Crippen LogP contribution in [0.15, 0.2) is 0 Å². The summed E-state index contributed by atoms with van der Waals surface area (Å²) in [4.78, 5) is 20.8. The molecule has 0 N–H and O–H groups in total. The van der Waals surface area contributed by atoms with Crippen LogP contribution in [0.2, 0.25) is 0 Å². The number of Topliss-reactive ketones (excluding diaryl/α,β-unsaturated/α-hetero) is 2. The Hall–Kier alpha value is -0.660. The molecule has 0 aliphatic heterocycles. The van der Waals surface area contributed by atoms with Crippen LogP contribution in [-0.2, 0) is 9.59 Å². The molecule has 1 aliphatic carbocycles. The van der Waals surface area contributed by atoms with Crippen molar-refractivity contribution in [1.82, 2.24) is 0 Å². The van der Waals surface area contributed by atoms with Crippen LogP contribution >= 0.6 is 0 Å². The molecule has 1 rings (SSSR count). The van der Waals surface area contributed by atoms with Gasteiger partial charge in [0.2, 0.25) is 0 Å². The van der Waals surface area contributed by atoms with E-state index in [4.69, 9.17) is 0 Å². The topological polar surface area (TPSA) is 34.1 Å². The highest BCUT2D eigenvalue weighted by Gasteiger charge is 2.14. The molecular weight excluding hydrogens is 104 g/mol. The van der Waals surface area contributed by atoms with E-state index in [2.05, 4.69) is 0 Å². The second-order valence-corrected chi connectivity index (χ2v) is 1.95. The summed E-state index contributed by atoms with van der Waals surface area (Å²) < 4.78 is 0. The lowest BCUT2D eigenvalue weighted by Crippen LogP contribution is -2.13. The fourth-order valence-electron chi connectivity index (χ4n) is 0.758. The third-order valence-electron chi connectivity index (χ3n) is 1.14. The Morgan fingerprint density at radius 1 is 1.12 bits per heavy atom. The van der Waals surface area contributed by atoms with E-state index in [9.17, 15) is 9.59 Å². The van der Waals surface area contributed by atoms with Gasteiger partial charge in [0.1, 0.15) is 11.6 Å². The molecule has 8 heavy (non-hydrogen) atoms. The molecule has 0 aromatic heterocycles. The zero-order chi connectivity index (χ0) is 5.98. The van der Waals surface area contributed by atoms with Crippen molar-refractivity contribution in [2.75, 3.05) is 0 Å². The Labute approximate surface area is 47.9 Å². The maximum Gasteiger partial charge on any atom is 0.140 e. The van der Waals surface area contributed by atoms with Gasteiger partial charge in [-0.15, -0.1) is 0 Å². The van der Waals surface area contributed by atoms with Crippen molar-refractivity contribution in [1.29, 1.82) is 0 Å². The third-order valence-corrected chi connectivity index (χ3v) is 1.14. The van der Waals surface area contributed by atoms with E-state index in [1.54, 1.807) is 6.42 Å². The summed E-state index contributed by atoms with van der Waals surface area (Å²) in [5, 5.41) is 0. The molecule has 0 atom stereocenters. The van der Waals surface area contributed by atoms with Crippen LogP contribution in [0.3, 0.4) is 0 Å². The Morgan fingerprint density at radius 3 is 1.88 bits per heavy atom. The average molecular weight is 111 g/mol. The minimum Gasteiger partial charge on any atom is -0.299 e. The standard InChI is InChI=1S/C6H7O2/c7-5-2-1-3-6(8)4-5/h1H,2-4H2. The van der Waals surface area contributed by atoms with E-state index in [0.29, 0.717) is 12.8 Å². The molecule has 0 aromatic carbocycles. The van der Waals surface area contributed by atoms with Gasteiger partial charge in [-0.25, -0.2) is 0 Å². The minimum atomic E-state index is 0.0567. The molecule has 1 radical (unpaired) electrons. The molecule has 43 valence electrons. The van der Waals surface area contributed by atoms with Crippen molar-refractivity contribution in [3.05, 3.63) is 6.42 Å². The van der Waals surface area contributed by atoms with E-state index in [-0.39, 0.29) is 18.0 Å². The summed E-state index contributed by atoms with van der Waals surface area (Å²) in [6.45, 7) is 0. The van der Waals surface area contributed by atoms with Crippen LogP contribution in [0, 0.1) is 6.42 Å². The lowest BCUT2D eigenvalue weighted by atomic mass is 9.98. The van der Waals surface area contributed by atoms with Crippen molar-refractivity contribution in [2.45, 2.75) is 19.3 Å². The summed E-state index contributed by atoms with van der Waals surface area (Å²) >= 11 is 0. The van der Waals surface area contributed by atoms with Crippen LogP contribution in [0.5, 0.6) is 0 Å². The van der Waals surface area contributed by atoms with Crippen molar-refractivity contribution in [2.24, 2.45) is 0 Å². The lowest BCUT2D eigenvalue weighted by molar-refractivity contribution is -0.128. The molecule has 1 saturated carbocycles. The van der Waals surface area contributed by atoms with Crippen molar-refractivity contribution < 1.29 is 9.59 Å². The maximum atomic E-state index is 10.4. The maximum absolute atomic E-state index is 10.4. The fraction of sp³-hybridized carbons (Fsp3) is 0.500. The van der Waals surface area contributed by atoms with Gasteiger partial charge in [-0.2, -0.15) is 0 Å². The molecule has 0 spiro atoms. The van der Waals surface area contributed by atoms with E-state index in [1.165, 1.54) is 0 Å². The molecule has 2 nitrogen and oxygen atoms in total. The monoisotopic (exact) mass is 111 g/mol. The number of rotatable bonds is 0. The second kappa shape index (κ2) is 2.07. The van der Waals surface area contributed by atoms with Crippen LogP contribution in [0.25, 0.3) is 0 Å². The average Bonchev–Trinajstić information content (AvgIpc) is 1.64. The first-order chi connectivity index (χ1) is 3.79. The Kier molecular flexibility index (Phi) is 1.42. The predicted octanol–water partition coefficient (Wildman–Crippen LogP) is 0.513. The van der Waals surface area contributed by atoms with Crippen LogP contribution in [-0.4, -0.2) is 11.6 Å². The quantitative estimate of drug-likeness (QED) is 0.427. The van der Waals surface area contributed by atoms with E-state index in [0.717, 1.165) is 0 Å². The third kappa shape index (κ3) is 1.15. The SMILES string of the molecule is O=C1C[CH]CC(=O)C1. The van der Waals surface area contributed by atoms with Crippen LogP contribution in [0.1, 0.15) is 19.3 Å². The highest BCUT2D eigenvalue weighted by Crippen LogP contribution is 2.07. The van der Waals surface area contributed by atoms with E-state index >= 15 is 0 Å². The molecule has 0 unspecified atom stereocenters. The zero-order valence-corrected chi connectivity index (χ0v) is 4.52. The summed E-state index contributed by atoms with van der Waals surface area (Å²) in [5.74, 6) is 0.113. The summed E-state index contributed by atoms with van der Waals surface area (Å²) in [5.41, 5.74) is 0. The van der Waals surface area contributed by atoms with E-state index in [1.807, 2.05) is 0 Å². The smallest absolute Gasteiger partial charge is 0.140 e. The molecule has 2 heteroatoms. The largest absolute Gasteiger partial charge is 0.299 e. The molecule has 0 saturated heterocycles. The number of hydrogen-bond acceptors (Lipinski definition) is 2. The van der Waals surface area contributed by atoms with Crippen LogP contribution in [0.4, 0.5) is 0 Å².